The third kappa shape index (κ3) is 6.09. The van der Waals surface area contributed by atoms with E-state index in [-0.39, 0.29) is 29.0 Å². The molecule has 12 heteroatoms. The molecule has 0 spiro atoms. The van der Waals surface area contributed by atoms with Crippen molar-refractivity contribution in [2.75, 3.05) is 11.9 Å². The molecule has 1 aromatic carbocycles. The predicted octanol–water partition coefficient (Wildman–Crippen LogP) is 3.78. The molecular weight excluding hydrogens is 463 g/mol. The lowest BCUT2D eigenvalue weighted by Crippen LogP contribution is -2.33. The molecule has 0 fully saturated rings. The lowest BCUT2D eigenvalue weighted by molar-refractivity contribution is 0.0996. The second-order valence-corrected chi connectivity index (χ2v) is 8.32. The number of nitrogens with one attached hydrogen (secondary N) is 2. The van der Waals surface area contributed by atoms with Crippen molar-refractivity contribution in [2.24, 2.45) is 11.7 Å². The molecule has 0 aliphatic rings. The first-order valence-corrected chi connectivity index (χ1v) is 10.7. The molecule has 31 heavy (non-hydrogen) atoms. The highest BCUT2D eigenvalue weighted by atomic mass is 35.5. The van der Waals surface area contributed by atoms with Crippen LogP contribution in [0, 0.1) is 5.92 Å². The molecule has 9 nitrogen and oxygen atoms in total. The van der Waals surface area contributed by atoms with Crippen molar-refractivity contribution in [1.82, 2.24) is 19.2 Å². The second-order valence-electron chi connectivity index (χ2n) is 6.76. The molecule has 0 bridgehead atoms. The van der Waals surface area contributed by atoms with E-state index in [0.717, 1.165) is 11.5 Å². The largest absolute Gasteiger partial charge is 0.472 e. The quantitative estimate of drug-likeness (QED) is 0.427. The van der Waals surface area contributed by atoms with Crippen LogP contribution in [-0.2, 0) is 13.2 Å². The maximum atomic E-state index is 12.3. The summed E-state index contributed by atoms with van der Waals surface area (Å²) < 4.78 is 11.6. The van der Waals surface area contributed by atoms with E-state index in [4.69, 9.17) is 33.7 Å². The van der Waals surface area contributed by atoms with Gasteiger partial charge in [0.25, 0.3) is 5.91 Å². The van der Waals surface area contributed by atoms with E-state index in [1.165, 1.54) is 0 Å². The van der Waals surface area contributed by atoms with E-state index in [9.17, 15) is 9.59 Å². The number of hydrogen-bond donors (Lipinski definition) is 3. The van der Waals surface area contributed by atoms with Gasteiger partial charge in [0.05, 0.1) is 16.4 Å². The number of imidazole rings is 1. The highest BCUT2D eigenvalue weighted by molar-refractivity contribution is 7.11. The van der Waals surface area contributed by atoms with Crippen molar-refractivity contribution in [3.63, 3.8) is 0 Å². The first-order valence-electron chi connectivity index (χ1n) is 9.21. The predicted molar refractivity (Wildman–Crippen MR) is 120 cm³/mol. The van der Waals surface area contributed by atoms with Crippen LogP contribution in [0.2, 0.25) is 10.0 Å². The van der Waals surface area contributed by atoms with E-state index in [2.05, 4.69) is 20.0 Å². The van der Waals surface area contributed by atoms with Crippen molar-refractivity contribution in [1.29, 1.82) is 0 Å². The third-order valence-corrected chi connectivity index (χ3v) is 5.83. The summed E-state index contributed by atoms with van der Waals surface area (Å²) in [5.74, 6) is -0.597. The van der Waals surface area contributed by atoms with Crippen LogP contribution in [0.3, 0.4) is 0 Å². The molecule has 4 N–H and O–H groups in total. The monoisotopic (exact) mass is 482 g/mol. The first kappa shape index (κ1) is 22.9. The van der Waals surface area contributed by atoms with Crippen LogP contribution in [0.5, 0.6) is 5.88 Å². The summed E-state index contributed by atoms with van der Waals surface area (Å²) in [4.78, 5) is 28.2. The molecule has 2 aromatic heterocycles. The number of primary amides is 1. The summed E-state index contributed by atoms with van der Waals surface area (Å²) in [5, 5.41) is 6.29. The average molecular weight is 483 g/mol. The Labute approximate surface area is 192 Å². The minimum absolute atomic E-state index is 0.00948. The number of benzene rings is 1. The summed E-state index contributed by atoms with van der Waals surface area (Å²) >= 11 is 13.0. The molecular formula is C19H20Cl2N6O3S. The minimum Gasteiger partial charge on any atom is -0.472 e. The number of hydrogen-bond acceptors (Lipinski definition) is 6. The van der Waals surface area contributed by atoms with E-state index < -0.39 is 11.9 Å². The minimum atomic E-state index is -0.773. The molecule has 164 valence electrons. The molecule has 3 aromatic rings. The fourth-order valence-corrected chi connectivity index (χ4v) is 3.83. The number of halogens is 2. The lowest BCUT2D eigenvalue weighted by atomic mass is 10.2. The van der Waals surface area contributed by atoms with E-state index >= 15 is 0 Å². The van der Waals surface area contributed by atoms with Gasteiger partial charge >= 0.3 is 6.03 Å². The second kappa shape index (κ2) is 10.5. The smallest absolute Gasteiger partial charge is 0.319 e. The number of amides is 3. The fraction of sp³-hybridized carbons (Fsp3) is 0.263. The molecule has 3 rings (SSSR count). The Kier molecular flexibility index (Phi) is 7.72. The summed E-state index contributed by atoms with van der Waals surface area (Å²) in [5.41, 5.74) is 6.09. The zero-order valence-electron chi connectivity index (χ0n) is 16.5. The molecule has 0 aliphatic heterocycles. The zero-order chi connectivity index (χ0) is 22.4. The SMILES string of the molecule is CC(CNC(=O)Nc1snc(OCc2cccc(Cl)c2Cl)c1C(N)=O)Cn1ccnc1. The Morgan fingerprint density at radius 1 is 1.35 bits per heavy atom. The number of ether oxygens (including phenoxy) is 1. The first-order chi connectivity index (χ1) is 14.8. The standard InChI is InChI=1S/C19H20Cl2N6O3S/c1-11(8-27-6-5-23-10-27)7-24-19(29)25-18-14(16(22)28)17(26-31-18)30-9-12-3-2-4-13(20)15(12)21/h2-6,10-11H,7-9H2,1H3,(H2,22,28)(H2,24,25,29). The number of nitrogens with zero attached hydrogens (tertiary/aromatic N) is 3. The van der Waals surface area contributed by atoms with Crippen molar-refractivity contribution in [3.8, 4) is 5.88 Å². The molecule has 1 unspecified atom stereocenters. The Balaban J connectivity index is 1.59. The van der Waals surface area contributed by atoms with Crippen LogP contribution in [0.1, 0.15) is 22.8 Å². The zero-order valence-corrected chi connectivity index (χ0v) is 18.8. The maximum absolute atomic E-state index is 12.3. The fourth-order valence-electron chi connectivity index (χ4n) is 2.72. The van der Waals surface area contributed by atoms with Crippen LogP contribution in [0.4, 0.5) is 9.80 Å². The van der Waals surface area contributed by atoms with Gasteiger partial charge < -0.3 is 20.4 Å². The van der Waals surface area contributed by atoms with Crippen molar-refractivity contribution in [2.45, 2.75) is 20.1 Å². The van der Waals surface area contributed by atoms with Crippen LogP contribution >= 0.6 is 34.7 Å². The van der Waals surface area contributed by atoms with E-state index in [1.807, 2.05) is 17.7 Å². The van der Waals surface area contributed by atoms with Gasteiger partial charge in [-0.3, -0.25) is 10.1 Å². The van der Waals surface area contributed by atoms with Crippen LogP contribution < -0.4 is 21.1 Å². The Morgan fingerprint density at radius 3 is 2.87 bits per heavy atom. The summed E-state index contributed by atoms with van der Waals surface area (Å²) in [6, 6.07) is 4.64. The van der Waals surface area contributed by atoms with Crippen molar-refractivity contribution >= 4 is 51.7 Å². The highest BCUT2D eigenvalue weighted by Gasteiger charge is 2.22. The van der Waals surface area contributed by atoms with Crippen LogP contribution in [-0.4, -0.2) is 32.4 Å². The van der Waals surface area contributed by atoms with Gasteiger partial charge in [0, 0.05) is 31.0 Å². The van der Waals surface area contributed by atoms with Crippen LogP contribution in [0.15, 0.2) is 36.9 Å². The number of nitrogens with two attached hydrogens (primary N) is 1. The molecule has 1 atom stereocenters. The summed E-state index contributed by atoms with van der Waals surface area (Å²) in [6.45, 7) is 3.15. The normalized spacial score (nSPS) is 11.7. The Bertz CT molecular complexity index is 1060. The molecule has 0 saturated carbocycles. The number of carbonyl (C=O) groups excluding carboxylic acids is 2. The number of carbonyl (C=O) groups is 2. The number of anilines is 1. The van der Waals surface area contributed by atoms with E-state index in [1.54, 1.807) is 30.7 Å². The Hall–Kier alpha value is -2.82. The molecule has 0 saturated heterocycles. The van der Waals surface area contributed by atoms with Gasteiger partial charge in [0.1, 0.15) is 17.2 Å². The molecule has 3 amide bonds. The van der Waals surface area contributed by atoms with Crippen molar-refractivity contribution in [3.05, 3.63) is 58.1 Å². The third-order valence-electron chi connectivity index (χ3n) is 4.22. The number of aromatic nitrogens is 3. The van der Waals surface area contributed by atoms with Gasteiger partial charge in [-0.15, -0.1) is 0 Å². The lowest BCUT2D eigenvalue weighted by Gasteiger charge is -2.13. The van der Waals surface area contributed by atoms with Gasteiger partial charge in [0.2, 0.25) is 5.88 Å². The average Bonchev–Trinajstić information content (AvgIpc) is 3.37. The molecule has 2 heterocycles. The van der Waals surface area contributed by atoms with Gasteiger partial charge in [0.15, 0.2) is 0 Å². The molecule has 0 radical (unpaired) electrons. The topological polar surface area (TPSA) is 124 Å². The van der Waals surface area contributed by atoms with Gasteiger partial charge in [-0.2, -0.15) is 4.37 Å². The number of urea groups is 1. The summed E-state index contributed by atoms with van der Waals surface area (Å²) in [7, 11) is 0. The van der Waals surface area contributed by atoms with Crippen molar-refractivity contribution < 1.29 is 14.3 Å². The van der Waals surface area contributed by atoms with Gasteiger partial charge in [-0.05, 0) is 23.5 Å². The summed E-state index contributed by atoms with van der Waals surface area (Å²) in [6.07, 6.45) is 5.26. The maximum Gasteiger partial charge on any atom is 0.319 e. The van der Waals surface area contributed by atoms with Gasteiger partial charge in [-0.25, -0.2) is 9.78 Å². The van der Waals surface area contributed by atoms with Gasteiger partial charge in [-0.1, -0.05) is 42.3 Å². The Morgan fingerprint density at radius 2 is 2.16 bits per heavy atom. The number of rotatable bonds is 9. The van der Waals surface area contributed by atoms with Crippen LogP contribution in [0.25, 0.3) is 0 Å². The molecule has 0 aliphatic carbocycles. The highest BCUT2D eigenvalue weighted by Crippen LogP contribution is 2.32. The van der Waals surface area contributed by atoms with E-state index in [0.29, 0.717) is 28.7 Å².